The third kappa shape index (κ3) is 6.77. The van der Waals surface area contributed by atoms with Crippen molar-refractivity contribution < 1.29 is 38.8 Å². The molecule has 21 heavy (non-hydrogen) atoms. The van der Waals surface area contributed by atoms with Gasteiger partial charge in [0.05, 0.1) is 0 Å². The van der Waals surface area contributed by atoms with E-state index in [4.69, 9.17) is 20.4 Å². The molecule has 0 bridgehead atoms. The van der Waals surface area contributed by atoms with Crippen LogP contribution in [0, 0.1) is 11.6 Å². The number of carboxylic acids is 2. The van der Waals surface area contributed by atoms with Gasteiger partial charge in [0.25, 0.3) is 0 Å². The van der Waals surface area contributed by atoms with Crippen LogP contribution in [0.15, 0.2) is 18.2 Å². The number of rotatable bonds is 5. The highest BCUT2D eigenvalue weighted by atomic mass is 19.1. The maximum absolute atomic E-state index is 12.8. The predicted octanol–water partition coefficient (Wildman–Crippen LogP) is 1.31. The van der Waals surface area contributed by atoms with E-state index >= 15 is 0 Å². The number of aliphatic hydroxyl groups is 2. The smallest absolute Gasteiger partial charge is 0.337 e. The second kappa shape index (κ2) is 8.98. The first-order valence-corrected chi connectivity index (χ1v) is 5.97. The van der Waals surface area contributed by atoms with Crippen LogP contribution in [-0.2, 0) is 9.59 Å². The number of halogens is 2. The molecule has 0 radical (unpaired) electrons. The van der Waals surface area contributed by atoms with Crippen molar-refractivity contribution in [3.8, 4) is 0 Å². The Bertz CT molecular complexity index is 492. The molecule has 1 aromatic carbocycles. The molecule has 0 amide bonds. The summed E-state index contributed by atoms with van der Waals surface area (Å²) in [6.45, 7) is 1.83. The largest absolute Gasteiger partial charge is 0.479 e. The molecule has 118 valence electrons. The molecule has 0 aromatic heterocycles. The number of aliphatic carboxylic acids is 2. The van der Waals surface area contributed by atoms with E-state index in [1.54, 1.807) is 0 Å². The van der Waals surface area contributed by atoms with Gasteiger partial charge in [0, 0.05) is 5.56 Å². The van der Waals surface area contributed by atoms with Crippen molar-refractivity contribution in [1.29, 1.82) is 0 Å². The van der Waals surface area contributed by atoms with E-state index < -0.39 is 41.3 Å². The summed E-state index contributed by atoms with van der Waals surface area (Å²) < 4.78 is 25.3. The lowest BCUT2D eigenvalue weighted by atomic mass is 10.1. The number of aliphatic hydroxyl groups excluding tert-OH is 2. The molecule has 2 unspecified atom stereocenters. The van der Waals surface area contributed by atoms with Crippen LogP contribution in [-0.4, -0.2) is 38.5 Å². The number of carboxylic acid groups (broad SMARTS) is 2. The Kier molecular flexibility index (Phi) is 8.10. The second-order valence-electron chi connectivity index (χ2n) is 4.05. The van der Waals surface area contributed by atoms with Crippen LogP contribution in [0.5, 0.6) is 0 Å². The first kappa shape index (κ1) is 18.9. The van der Waals surface area contributed by atoms with Crippen molar-refractivity contribution >= 4 is 11.9 Å². The summed E-state index contributed by atoms with van der Waals surface area (Å²) in [6.07, 6.45) is -2.15. The van der Waals surface area contributed by atoms with E-state index in [1.165, 1.54) is 0 Å². The molecule has 0 spiro atoms. The van der Waals surface area contributed by atoms with Gasteiger partial charge in [-0.1, -0.05) is 13.3 Å². The first-order chi connectivity index (χ1) is 9.70. The summed E-state index contributed by atoms with van der Waals surface area (Å²) in [6, 6.07) is 2.25. The van der Waals surface area contributed by atoms with E-state index in [1.807, 2.05) is 6.92 Å². The lowest BCUT2D eigenvalue weighted by Crippen LogP contribution is -2.18. The summed E-state index contributed by atoms with van der Waals surface area (Å²) in [4.78, 5) is 20.1. The quantitative estimate of drug-likeness (QED) is 0.652. The predicted molar refractivity (Wildman–Crippen MR) is 67.5 cm³/mol. The Balaban J connectivity index is 0.000000433. The highest BCUT2D eigenvalue weighted by Gasteiger charge is 2.20. The normalized spacial score (nSPS) is 12.8. The Hall–Kier alpha value is -2.06. The third-order valence-corrected chi connectivity index (χ3v) is 2.33. The molecule has 0 saturated heterocycles. The molecule has 4 N–H and O–H groups in total. The van der Waals surface area contributed by atoms with Crippen LogP contribution >= 0.6 is 0 Å². The molecule has 1 aromatic rings. The van der Waals surface area contributed by atoms with Gasteiger partial charge < -0.3 is 20.4 Å². The van der Waals surface area contributed by atoms with E-state index in [0.717, 1.165) is 12.1 Å². The SMILES string of the molecule is CCCC(O)C(=O)O.O=C(O)C(O)c1cc(F)ccc1F. The molecule has 0 aliphatic rings. The van der Waals surface area contributed by atoms with Crippen molar-refractivity contribution in [3.05, 3.63) is 35.4 Å². The first-order valence-electron chi connectivity index (χ1n) is 5.97. The number of hydrogen-bond acceptors (Lipinski definition) is 4. The molecule has 0 aliphatic carbocycles. The van der Waals surface area contributed by atoms with Crippen LogP contribution in [0.3, 0.4) is 0 Å². The molecular weight excluding hydrogens is 290 g/mol. The van der Waals surface area contributed by atoms with Crippen molar-refractivity contribution in [2.24, 2.45) is 0 Å². The van der Waals surface area contributed by atoms with Crippen LogP contribution in [0.2, 0.25) is 0 Å². The van der Waals surface area contributed by atoms with Gasteiger partial charge in [0.15, 0.2) is 12.2 Å². The average molecular weight is 306 g/mol. The lowest BCUT2D eigenvalue weighted by Gasteiger charge is -2.06. The van der Waals surface area contributed by atoms with Crippen molar-refractivity contribution in [2.45, 2.75) is 32.0 Å². The number of hydrogen-bond donors (Lipinski definition) is 4. The van der Waals surface area contributed by atoms with E-state index in [9.17, 15) is 18.4 Å². The second-order valence-corrected chi connectivity index (χ2v) is 4.05. The molecule has 0 heterocycles. The molecule has 8 heteroatoms. The van der Waals surface area contributed by atoms with Gasteiger partial charge in [0.2, 0.25) is 0 Å². The Morgan fingerprint density at radius 2 is 1.71 bits per heavy atom. The minimum atomic E-state index is -2.03. The van der Waals surface area contributed by atoms with E-state index in [-0.39, 0.29) is 0 Å². The zero-order chi connectivity index (χ0) is 16.6. The highest BCUT2D eigenvalue weighted by molar-refractivity contribution is 5.74. The van der Waals surface area contributed by atoms with E-state index in [0.29, 0.717) is 18.9 Å². The molecular formula is C13H16F2O6. The van der Waals surface area contributed by atoms with Crippen molar-refractivity contribution in [3.63, 3.8) is 0 Å². The lowest BCUT2D eigenvalue weighted by molar-refractivity contribution is -0.147. The Morgan fingerprint density at radius 3 is 2.10 bits per heavy atom. The molecule has 0 saturated carbocycles. The molecule has 1 rings (SSSR count). The van der Waals surface area contributed by atoms with Gasteiger partial charge in [-0.2, -0.15) is 0 Å². The minimum absolute atomic E-state index is 0.343. The minimum Gasteiger partial charge on any atom is -0.479 e. The topological polar surface area (TPSA) is 115 Å². The molecule has 6 nitrogen and oxygen atoms in total. The van der Waals surface area contributed by atoms with Crippen LogP contribution in [0.25, 0.3) is 0 Å². The van der Waals surface area contributed by atoms with Crippen LogP contribution in [0.4, 0.5) is 8.78 Å². The van der Waals surface area contributed by atoms with E-state index in [2.05, 4.69) is 0 Å². The molecule has 2 atom stereocenters. The fourth-order valence-electron chi connectivity index (χ4n) is 1.25. The van der Waals surface area contributed by atoms with Crippen LogP contribution < -0.4 is 0 Å². The fourth-order valence-corrected chi connectivity index (χ4v) is 1.25. The maximum atomic E-state index is 12.8. The van der Waals surface area contributed by atoms with Gasteiger partial charge in [-0.05, 0) is 24.6 Å². The van der Waals surface area contributed by atoms with Gasteiger partial charge in [-0.25, -0.2) is 18.4 Å². The molecule has 0 aliphatic heterocycles. The summed E-state index contributed by atoms with van der Waals surface area (Å²) >= 11 is 0. The molecule has 0 fully saturated rings. The zero-order valence-corrected chi connectivity index (χ0v) is 11.2. The number of carbonyl (C=O) groups is 2. The number of benzene rings is 1. The Morgan fingerprint density at radius 1 is 1.14 bits per heavy atom. The van der Waals surface area contributed by atoms with Crippen LogP contribution in [0.1, 0.15) is 31.4 Å². The van der Waals surface area contributed by atoms with Gasteiger partial charge >= 0.3 is 11.9 Å². The standard InChI is InChI=1S/C8H6F2O3.C5H10O3/c9-4-1-2-6(10)5(3-4)7(11)8(12)13;1-2-3-4(6)5(7)8/h1-3,7,11H,(H,12,13);4,6H,2-3H2,1H3,(H,7,8). The summed E-state index contributed by atoms with van der Waals surface area (Å²) in [7, 11) is 0. The van der Waals surface area contributed by atoms with Gasteiger partial charge in [0.1, 0.15) is 11.6 Å². The van der Waals surface area contributed by atoms with Gasteiger partial charge in [-0.15, -0.1) is 0 Å². The average Bonchev–Trinajstić information content (AvgIpc) is 2.41. The maximum Gasteiger partial charge on any atom is 0.337 e. The highest BCUT2D eigenvalue weighted by Crippen LogP contribution is 2.18. The van der Waals surface area contributed by atoms with Gasteiger partial charge in [-0.3, -0.25) is 0 Å². The monoisotopic (exact) mass is 306 g/mol. The zero-order valence-electron chi connectivity index (χ0n) is 11.2. The summed E-state index contributed by atoms with van der Waals surface area (Å²) in [5, 5.41) is 33.8. The third-order valence-electron chi connectivity index (χ3n) is 2.33. The summed E-state index contributed by atoms with van der Waals surface area (Å²) in [5.41, 5.74) is -0.576. The summed E-state index contributed by atoms with van der Waals surface area (Å²) in [5.74, 6) is -4.50. The van der Waals surface area contributed by atoms with Crippen molar-refractivity contribution in [1.82, 2.24) is 0 Å². The van der Waals surface area contributed by atoms with Crippen molar-refractivity contribution in [2.75, 3.05) is 0 Å². The fraction of sp³-hybridized carbons (Fsp3) is 0.385. The Labute approximate surface area is 119 Å².